The van der Waals surface area contributed by atoms with Gasteiger partial charge in [-0.2, -0.15) is 0 Å². The van der Waals surface area contributed by atoms with Crippen LogP contribution >= 0.6 is 0 Å². The van der Waals surface area contributed by atoms with Crippen molar-refractivity contribution in [3.63, 3.8) is 0 Å². The molecule has 0 spiro atoms. The molecular formula is C14H22N2O2. The van der Waals surface area contributed by atoms with Gasteiger partial charge in [0.05, 0.1) is 13.5 Å². The Balaban J connectivity index is 2.60. The molecule has 0 saturated heterocycles. The summed E-state index contributed by atoms with van der Waals surface area (Å²) in [5.41, 5.74) is 1.14. The third kappa shape index (κ3) is 5.19. The molecule has 0 N–H and O–H groups in total. The van der Waals surface area contributed by atoms with E-state index in [4.69, 9.17) is 0 Å². The molecule has 0 fully saturated rings. The molecule has 0 aliphatic rings. The van der Waals surface area contributed by atoms with E-state index in [2.05, 4.69) is 26.7 Å². The molecule has 1 rings (SSSR count). The zero-order chi connectivity index (χ0) is 13.4. The van der Waals surface area contributed by atoms with Crippen LogP contribution in [0.25, 0.3) is 0 Å². The van der Waals surface area contributed by atoms with E-state index >= 15 is 0 Å². The largest absolute Gasteiger partial charge is 0.469 e. The van der Waals surface area contributed by atoms with E-state index in [9.17, 15) is 4.79 Å². The monoisotopic (exact) mass is 250 g/mol. The first-order valence-corrected chi connectivity index (χ1v) is 6.15. The standard InChI is InChI=1S/C14H22N2O2/c1-15(2)11-12-16(10-9-14(17)18-3)13-7-5-4-6-8-13/h4-8H,9-12H2,1-3H3. The van der Waals surface area contributed by atoms with E-state index < -0.39 is 0 Å². The van der Waals surface area contributed by atoms with Crippen molar-refractivity contribution in [3.05, 3.63) is 30.3 Å². The number of likely N-dealkylation sites (N-methyl/N-ethyl adjacent to an activating group) is 1. The van der Waals surface area contributed by atoms with Crippen molar-refractivity contribution in [1.29, 1.82) is 0 Å². The molecule has 0 saturated carbocycles. The van der Waals surface area contributed by atoms with Gasteiger partial charge in [0.15, 0.2) is 0 Å². The number of anilines is 1. The van der Waals surface area contributed by atoms with E-state index in [1.165, 1.54) is 7.11 Å². The van der Waals surface area contributed by atoms with E-state index in [-0.39, 0.29) is 5.97 Å². The first-order valence-electron chi connectivity index (χ1n) is 6.15. The van der Waals surface area contributed by atoms with Gasteiger partial charge in [0.1, 0.15) is 0 Å². The van der Waals surface area contributed by atoms with Gasteiger partial charge in [-0.15, -0.1) is 0 Å². The van der Waals surface area contributed by atoms with Crippen LogP contribution in [0, 0.1) is 0 Å². The number of carbonyl (C=O) groups is 1. The number of rotatable bonds is 7. The maximum Gasteiger partial charge on any atom is 0.307 e. The minimum absolute atomic E-state index is 0.166. The molecule has 0 heterocycles. The predicted octanol–water partition coefficient (Wildman–Crippen LogP) is 1.62. The lowest BCUT2D eigenvalue weighted by Gasteiger charge is -2.26. The van der Waals surface area contributed by atoms with Crippen molar-refractivity contribution in [2.24, 2.45) is 0 Å². The Labute approximate surface area is 109 Å². The molecule has 0 atom stereocenters. The van der Waals surface area contributed by atoms with Gasteiger partial charge in [-0.1, -0.05) is 18.2 Å². The second-order valence-electron chi connectivity index (χ2n) is 4.45. The average molecular weight is 250 g/mol. The topological polar surface area (TPSA) is 32.8 Å². The molecule has 1 aromatic rings. The summed E-state index contributed by atoms with van der Waals surface area (Å²) in [6, 6.07) is 10.1. The molecule has 18 heavy (non-hydrogen) atoms. The highest BCUT2D eigenvalue weighted by Gasteiger charge is 2.09. The SMILES string of the molecule is COC(=O)CCN(CCN(C)C)c1ccccc1. The first kappa shape index (κ1) is 14.5. The molecule has 0 aliphatic heterocycles. The van der Waals surface area contributed by atoms with Crippen molar-refractivity contribution >= 4 is 11.7 Å². The Morgan fingerprint density at radius 3 is 2.33 bits per heavy atom. The average Bonchev–Trinajstić information content (AvgIpc) is 2.39. The first-order chi connectivity index (χ1) is 8.63. The number of ether oxygens (including phenoxy) is 1. The fraction of sp³-hybridized carbons (Fsp3) is 0.500. The lowest BCUT2D eigenvalue weighted by Crippen LogP contribution is -2.33. The third-order valence-corrected chi connectivity index (χ3v) is 2.75. The highest BCUT2D eigenvalue weighted by atomic mass is 16.5. The molecule has 0 aromatic heterocycles. The van der Waals surface area contributed by atoms with Gasteiger partial charge >= 0.3 is 5.97 Å². The molecule has 4 nitrogen and oxygen atoms in total. The summed E-state index contributed by atoms with van der Waals surface area (Å²) in [5, 5.41) is 0. The van der Waals surface area contributed by atoms with E-state index in [1.54, 1.807) is 0 Å². The number of para-hydroxylation sites is 1. The summed E-state index contributed by atoms with van der Waals surface area (Å²) in [4.78, 5) is 15.6. The van der Waals surface area contributed by atoms with Crippen molar-refractivity contribution in [1.82, 2.24) is 4.90 Å². The van der Waals surface area contributed by atoms with Gasteiger partial charge in [-0.3, -0.25) is 4.79 Å². The van der Waals surface area contributed by atoms with Crippen molar-refractivity contribution in [2.75, 3.05) is 45.7 Å². The number of hydrogen-bond acceptors (Lipinski definition) is 4. The smallest absolute Gasteiger partial charge is 0.307 e. The van der Waals surface area contributed by atoms with Crippen molar-refractivity contribution < 1.29 is 9.53 Å². The molecule has 0 bridgehead atoms. The maximum atomic E-state index is 11.2. The van der Waals surface area contributed by atoms with Gasteiger partial charge in [-0.05, 0) is 26.2 Å². The van der Waals surface area contributed by atoms with Gasteiger partial charge < -0.3 is 14.5 Å². The highest BCUT2D eigenvalue weighted by Crippen LogP contribution is 2.13. The minimum atomic E-state index is -0.166. The van der Waals surface area contributed by atoms with E-state index in [1.807, 2.05) is 32.3 Å². The van der Waals surface area contributed by atoms with Gasteiger partial charge in [-0.25, -0.2) is 0 Å². The number of methoxy groups -OCH3 is 1. The summed E-state index contributed by atoms with van der Waals surface area (Å²) in [5.74, 6) is -0.166. The Kier molecular flexibility index (Phi) is 6.22. The molecular weight excluding hydrogens is 228 g/mol. The maximum absolute atomic E-state index is 11.2. The lowest BCUT2D eigenvalue weighted by molar-refractivity contribution is -0.140. The van der Waals surface area contributed by atoms with Crippen LogP contribution in [0.1, 0.15) is 6.42 Å². The van der Waals surface area contributed by atoms with Crippen LogP contribution in [0.4, 0.5) is 5.69 Å². The number of carbonyl (C=O) groups excluding carboxylic acids is 1. The van der Waals surface area contributed by atoms with Crippen LogP contribution in [0.2, 0.25) is 0 Å². The van der Waals surface area contributed by atoms with Crippen LogP contribution in [0.3, 0.4) is 0 Å². The predicted molar refractivity (Wildman–Crippen MR) is 73.8 cm³/mol. The van der Waals surface area contributed by atoms with Crippen LogP contribution in [-0.2, 0) is 9.53 Å². The molecule has 0 radical (unpaired) electrons. The van der Waals surface area contributed by atoms with E-state index in [0.717, 1.165) is 18.8 Å². The second-order valence-corrected chi connectivity index (χ2v) is 4.45. The minimum Gasteiger partial charge on any atom is -0.469 e. The molecule has 0 aliphatic carbocycles. The molecule has 100 valence electrons. The van der Waals surface area contributed by atoms with Crippen LogP contribution < -0.4 is 4.90 Å². The second kappa shape index (κ2) is 7.71. The Bertz CT molecular complexity index is 352. The van der Waals surface area contributed by atoms with Gasteiger partial charge in [0.25, 0.3) is 0 Å². The normalized spacial score (nSPS) is 10.4. The summed E-state index contributed by atoms with van der Waals surface area (Å²) in [6.07, 6.45) is 0.415. The molecule has 4 heteroatoms. The van der Waals surface area contributed by atoms with E-state index in [0.29, 0.717) is 13.0 Å². The third-order valence-electron chi connectivity index (χ3n) is 2.75. The molecule has 0 unspecified atom stereocenters. The van der Waals surface area contributed by atoms with Crippen LogP contribution in [-0.4, -0.2) is 51.7 Å². The molecule has 1 aromatic carbocycles. The van der Waals surface area contributed by atoms with Gasteiger partial charge in [0.2, 0.25) is 0 Å². The highest BCUT2D eigenvalue weighted by molar-refractivity contribution is 5.70. The summed E-state index contributed by atoms with van der Waals surface area (Å²) < 4.78 is 4.69. The number of benzene rings is 1. The van der Waals surface area contributed by atoms with Crippen molar-refractivity contribution in [3.8, 4) is 0 Å². The van der Waals surface area contributed by atoms with Crippen molar-refractivity contribution in [2.45, 2.75) is 6.42 Å². The summed E-state index contributed by atoms with van der Waals surface area (Å²) in [7, 11) is 5.52. The number of hydrogen-bond donors (Lipinski definition) is 0. The fourth-order valence-corrected chi connectivity index (χ4v) is 1.66. The van der Waals surface area contributed by atoms with Gasteiger partial charge in [0, 0.05) is 25.3 Å². The Hall–Kier alpha value is -1.55. The fourth-order valence-electron chi connectivity index (χ4n) is 1.66. The summed E-state index contributed by atoms with van der Waals surface area (Å²) in [6.45, 7) is 2.54. The number of nitrogens with zero attached hydrogens (tertiary/aromatic N) is 2. The Morgan fingerprint density at radius 1 is 1.11 bits per heavy atom. The zero-order valence-electron chi connectivity index (χ0n) is 11.4. The zero-order valence-corrected chi connectivity index (χ0v) is 11.4. The lowest BCUT2D eigenvalue weighted by atomic mass is 10.2. The Morgan fingerprint density at radius 2 is 1.78 bits per heavy atom. The van der Waals surface area contributed by atoms with Crippen LogP contribution in [0.5, 0.6) is 0 Å². The quantitative estimate of drug-likeness (QED) is 0.688. The molecule has 0 amide bonds. The summed E-state index contributed by atoms with van der Waals surface area (Å²) >= 11 is 0. The number of esters is 1. The van der Waals surface area contributed by atoms with Crippen LogP contribution in [0.15, 0.2) is 30.3 Å².